The van der Waals surface area contributed by atoms with Gasteiger partial charge in [-0.1, -0.05) is 0 Å². The largest absolute Gasteiger partial charge is 0.573 e. The quantitative estimate of drug-likeness (QED) is 0.546. The molecular formula is C22H21F3N4O4. The zero-order valence-electron chi connectivity index (χ0n) is 17.4. The summed E-state index contributed by atoms with van der Waals surface area (Å²) in [4.78, 5) is 18.3. The number of aliphatic hydroxyl groups is 1. The van der Waals surface area contributed by atoms with Crippen molar-refractivity contribution >= 4 is 23.1 Å². The molecule has 0 spiro atoms. The van der Waals surface area contributed by atoms with Gasteiger partial charge in [-0.25, -0.2) is 4.98 Å². The molecule has 2 aliphatic rings. The van der Waals surface area contributed by atoms with Crippen LogP contribution in [0.25, 0.3) is 0 Å². The summed E-state index contributed by atoms with van der Waals surface area (Å²) in [7, 11) is 0. The number of ether oxygens (including phenoxy) is 2. The Morgan fingerprint density at radius 3 is 2.61 bits per heavy atom. The molecule has 2 aliphatic heterocycles. The van der Waals surface area contributed by atoms with Gasteiger partial charge in [0.15, 0.2) is 0 Å². The highest BCUT2D eigenvalue weighted by atomic mass is 19.4. The Balaban J connectivity index is 1.48. The van der Waals surface area contributed by atoms with Crippen LogP contribution in [0.15, 0.2) is 48.2 Å². The third-order valence-electron chi connectivity index (χ3n) is 5.38. The summed E-state index contributed by atoms with van der Waals surface area (Å²) in [6, 6.07) is 6.70. The van der Waals surface area contributed by atoms with E-state index < -0.39 is 6.36 Å². The number of hydrogen-bond acceptors (Lipinski definition) is 7. The van der Waals surface area contributed by atoms with Gasteiger partial charge in [0, 0.05) is 47.7 Å². The van der Waals surface area contributed by atoms with Gasteiger partial charge in [0.25, 0.3) is 5.91 Å². The number of likely N-dealkylation sites (tertiary alicyclic amines) is 1. The van der Waals surface area contributed by atoms with Gasteiger partial charge in [0.05, 0.1) is 19.8 Å². The minimum atomic E-state index is -4.78. The van der Waals surface area contributed by atoms with E-state index in [0.717, 1.165) is 12.1 Å². The van der Waals surface area contributed by atoms with Crippen molar-refractivity contribution < 1.29 is 32.5 Å². The zero-order valence-corrected chi connectivity index (χ0v) is 17.4. The molecule has 0 radical (unpaired) electrons. The SMILES string of the molecule is N=C(c1c(CO)ccnc1Nc1ccc(OC(F)(F)F)cc1)C1CN(C(=O)C2=CCOC2)C1. The van der Waals surface area contributed by atoms with Gasteiger partial charge in [-0.3, -0.25) is 4.79 Å². The van der Waals surface area contributed by atoms with E-state index in [2.05, 4.69) is 15.0 Å². The number of aromatic nitrogens is 1. The number of carbonyl (C=O) groups excluding carboxylic acids is 1. The number of aliphatic hydroxyl groups excluding tert-OH is 1. The number of nitrogens with one attached hydrogen (secondary N) is 2. The van der Waals surface area contributed by atoms with Crippen LogP contribution in [0.4, 0.5) is 24.7 Å². The maximum atomic E-state index is 12.4. The van der Waals surface area contributed by atoms with Crippen LogP contribution < -0.4 is 10.1 Å². The normalized spacial score (nSPS) is 16.2. The second-order valence-electron chi connectivity index (χ2n) is 7.61. The molecule has 1 fully saturated rings. The Bertz CT molecular complexity index is 1080. The molecule has 0 atom stereocenters. The predicted molar refractivity (Wildman–Crippen MR) is 112 cm³/mol. The molecule has 33 heavy (non-hydrogen) atoms. The van der Waals surface area contributed by atoms with E-state index in [0.29, 0.717) is 42.1 Å². The molecule has 0 bridgehead atoms. The van der Waals surface area contributed by atoms with E-state index in [1.807, 2.05) is 0 Å². The Labute approximate surface area is 187 Å². The van der Waals surface area contributed by atoms with E-state index >= 15 is 0 Å². The molecule has 1 amide bonds. The van der Waals surface area contributed by atoms with E-state index in [9.17, 15) is 23.1 Å². The van der Waals surface area contributed by atoms with Crippen molar-refractivity contribution in [1.29, 1.82) is 5.41 Å². The molecule has 0 unspecified atom stereocenters. The number of amides is 1. The first-order chi connectivity index (χ1) is 15.7. The van der Waals surface area contributed by atoms with Crippen LogP contribution >= 0.6 is 0 Å². The first-order valence-electron chi connectivity index (χ1n) is 10.1. The number of benzene rings is 1. The first kappa shape index (κ1) is 22.7. The van der Waals surface area contributed by atoms with Gasteiger partial charge >= 0.3 is 6.36 Å². The predicted octanol–water partition coefficient (Wildman–Crippen LogP) is 3.00. The second kappa shape index (κ2) is 9.20. The molecule has 1 saturated heterocycles. The lowest BCUT2D eigenvalue weighted by Gasteiger charge is -2.40. The molecule has 1 aromatic heterocycles. The summed E-state index contributed by atoms with van der Waals surface area (Å²) in [5.41, 5.74) is 2.13. The second-order valence-corrected chi connectivity index (χ2v) is 7.61. The highest BCUT2D eigenvalue weighted by Crippen LogP contribution is 2.30. The molecule has 11 heteroatoms. The fourth-order valence-corrected chi connectivity index (χ4v) is 3.68. The molecule has 4 rings (SSSR count). The summed E-state index contributed by atoms with van der Waals surface area (Å²) >= 11 is 0. The van der Waals surface area contributed by atoms with Crippen LogP contribution in [0.3, 0.4) is 0 Å². The van der Waals surface area contributed by atoms with Gasteiger partial charge in [-0.15, -0.1) is 13.2 Å². The van der Waals surface area contributed by atoms with Crippen LogP contribution in [-0.4, -0.2) is 59.3 Å². The highest BCUT2D eigenvalue weighted by Gasteiger charge is 2.37. The van der Waals surface area contributed by atoms with Crippen LogP contribution in [0.5, 0.6) is 5.75 Å². The number of hydrogen-bond donors (Lipinski definition) is 3. The van der Waals surface area contributed by atoms with Crippen LogP contribution in [0.1, 0.15) is 11.1 Å². The average Bonchev–Trinajstić information content (AvgIpc) is 3.27. The Kier molecular flexibility index (Phi) is 6.34. The van der Waals surface area contributed by atoms with Gasteiger partial charge < -0.3 is 30.2 Å². The van der Waals surface area contributed by atoms with Crippen molar-refractivity contribution in [1.82, 2.24) is 9.88 Å². The smallest absolute Gasteiger partial charge is 0.406 e. The fraction of sp³-hybridized carbons (Fsp3) is 0.318. The minimum Gasteiger partial charge on any atom is -0.406 e. The van der Waals surface area contributed by atoms with Crippen LogP contribution in [0, 0.1) is 11.3 Å². The number of rotatable bonds is 7. The van der Waals surface area contributed by atoms with E-state index in [-0.39, 0.29) is 42.3 Å². The molecule has 8 nitrogen and oxygen atoms in total. The molecule has 3 N–H and O–H groups in total. The maximum absolute atomic E-state index is 12.4. The van der Waals surface area contributed by atoms with Crippen molar-refractivity contribution in [3.8, 4) is 5.75 Å². The summed E-state index contributed by atoms with van der Waals surface area (Å²) in [6.45, 7) is 1.10. The van der Waals surface area contributed by atoms with Crippen molar-refractivity contribution in [3.63, 3.8) is 0 Å². The minimum absolute atomic E-state index is 0.107. The number of pyridine rings is 1. The molecule has 0 aliphatic carbocycles. The summed E-state index contributed by atoms with van der Waals surface area (Å²) in [6.07, 6.45) is -1.57. The Hall–Kier alpha value is -3.44. The highest BCUT2D eigenvalue weighted by molar-refractivity contribution is 6.07. The lowest BCUT2D eigenvalue weighted by molar-refractivity contribution is -0.274. The topological polar surface area (TPSA) is 108 Å². The van der Waals surface area contributed by atoms with Crippen LogP contribution in [0.2, 0.25) is 0 Å². The van der Waals surface area contributed by atoms with Crippen LogP contribution in [-0.2, 0) is 16.1 Å². The third-order valence-corrected chi connectivity index (χ3v) is 5.38. The van der Waals surface area contributed by atoms with Gasteiger partial charge in [0.2, 0.25) is 0 Å². The number of nitrogens with zero attached hydrogens (tertiary/aromatic N) is 2. The lowest BCUT2D eigenvalue weighted by Crippen LogP contribution is -2.53. The molecule has 2 aromatic rings. The lowest BCUT2D eigenvalue weighted by atomic mass is 9.87. The number of alkyl halides is 3. The summed E-state index contributed by atoms with van der Waals surface area (Å²) in [5.74, 6) is -0.424. The maximum Gasteiger partial charge on any atom is 0.573 e. The fourth-order valence-electron chi connectivity index (χ4n) is 3.68. The molecule has 174 valence electrons. The van der Waals surface area contributed by atoms with E-state index in [1.54, 1.807) is 17.0 Å². The molecule has 1 aromatic carbocycles. The number of halogens is 3. The first-order valence-corrected chi connectivity index (χ1v) is 10.1. The van der Waals surface area contributed by atoms with Gasteiger partial charge in [-0.05, 0) is 42.0 Å². The molecular weight excluding hydrogens is 441 g/mol. The number of carbonyl (C=O) groups is 1. The average molecular weight is 462 g/mol. The van der Waals surface area contributed by atoms with Crippen molar-refractivity contribution in [2.24, 2.45) is 5.92 Å². The summed E-state index contributed by atoms with van der Waals surface area (Å²) < 4.78 is 46.1. The Morgan fingerprint density at radius 1 is 1.27 bits per heavy atom. The zero-order chi connectivity index (χ0) is 23.6. The summed E-state index contributed by atoms with van der Waals surface area (Å²) in [5, 5.41) is 21.5. The van der Waals surface area contributed by atoms with E-state index in [4.69, 9.17) is 10.1 Å². The number of anilines is 2. The standard InChI is InChI=1S/C22H21F3N4O4/c23-22(24,25)33-17-3-1-16(2-4-17)28-20-18(13(11-30)5-7-27-20)19(26)15-9-29(10-15)21(31)14-6-8-32-12-14/h1-7,15,26,30H,8-12H2,(H,27,28). The molecule has 0 saturated carbocycles. The molecule has 3 heterocycles. The third kappa shape index (κ3) is 5.15. The van der Waals surface area contributed by atoms with Gasteiger partial charge in [-0.2, -0.15) is 0 Å². The monoisotopic (exact) mass is 462 g/mol. The van der Waals surface area contributed by atoms with Gasteiger partial charge in [0.1, 0.15) is 11.6 Å². The van der Waals surface area contributed by atoms with Crippen molar-refractivity contribution in [2.75, 3.05) is 31.6 Å². The van der Waals surface area contributed by atoms with Crippen molar-refractivity contribution in [2.45, 2.75) is 13.0 Å². The Morgan fingerprint density at radius 2 is 2.00 bits per heavy atom. The van der Waals surface area contributed by atoms with E-state index in [1.165, 1.54) is 18.3 Å². The van der Waals surface area contributed by atoms with Crippen molar-refractivity contribution in [3.05, 3.63) is 59.3 Å².